The van der Waals surface area contributed by atoms with Crippen molar-refractivity contribution in [3.05, 3.63) is 0 Å². The highest BCUT2D eigenvalue weighted by Crippen LogP contribution is 2.43. The van der Waals surface area contributed by atoms with Crippen molar-refractivity contribution in [1.82, 2.24) is 0 Å². The SMILES string of the molecule is CCCCCC(=O)[C@H](O)[C@H](C)O[Si](C(C)C)(C(C)C)C(C)C. The first-order valence-electron chi connectivity index (χ1n) is 8.99. The van der Waals surface area contributed by atoms with Crippen LogP contribution < -0.4 is 0 Å². The first kappa shape index (κ1) is 21.8. The normalized spacial score (nSPS) is 15.6. The molecule has 2 atom stereocenters. The second-order valence-electron chi connectivity index (χ2n) is 7.51. The number of Topliss-reactive ketones (excluding diaryl/α,β-unsaturated/α-hetero) is 1. The molecule has 0 aliphatic heterocycles. The van der Waals surface area contributed by atoms with Gasteiger partial charge in [0.2, 0.25) is 8.32 Å². The Morgan fingerprint density at radius 3 is 1.77 bits per heavy atom. The average molecular weight is 331 g/mol. The molecule has 0 spiro atoms. The van der Waals surface area contributed by atoms with Gasteiger partial charge in [-0.25, -0.2) is 0 Å². The van der Waals surface area contributed by atoms with Gasteiger partial charge in [0.15, 0.2) is 5.78 Å². The molecule has 0 aromatic heterocycles. The molecule has 3 nitrogen and oxygen atoms in total. The van der Waals surface area contributed by atoms with Gasteiger partial charge in [0.1, 0.15) is 6.10 Å². The number of aliphatic hydroxyl groups excluding tert-OH is 1. The molecule has 0 bridgehead atoms. The minimum absolute atomic E-state index is 0.0693. The number of hydrogen-bond donors (Lipinski definition) is 1. The summed E-state index contributed by atoms with van der Waals surface area (Å²) in [5, 5.41) is 10.3. The van der Waals surface area contributed by atoms with Crippen molar-refractivity contribution in [2.24, 2.45) is 0 Å². The van der Waals surface area contributed by atoms with E-state index in [-0.39, 0.29) is 5.78 Å². The van der Waals surface area contributed by atoms with E-state index in [1.54, 1.807) is 0 Å². The van der Waals surface area contributed by atoms with Gasteiger partial charge >= 0.3 is 0 Å². The molecule has 0 heterocycles. The Labute approximate surface area is 139 Å². The Morgan fingerprint density at radius 1 is 0.955 bits per heavy atom. The van der Waals surface area contributed by atoms with Crippen LogP contribution in [-0.2, 0) is 9.22 Å². The van der Waals surface area contributed by atoms with Gasteiger partial charge in [0.05, 0.1) is 6.10 Å². The quantitative estimate of drug-likeness (QED) is 0.424. The lowest BCUT2D eigenvalue weighted by Gasteiger charge is -2.44. The van der Waals surface area contributed by atoms with Crippen molar-refractivity contribution in [2.45, 2.75) is 110 Å². The van der Waals surface area contributed by atoms with Crippen molar-refractivity contribution in [3.63, 3.8) is 0 Å². The first-order valence-corrected chi connectivity index (χ1v) is 11.1. The second kappa shape index (κ2) is 9.84. The predicted octanol–water partition coefficient (Wildman–Crippen LogP) is 5.08. The van der Waals surface area contributed by atoms with E-state index in [9.17, 15) is 9.90 Å². The summed E-state index contributed by atoms with van der Waals surface area (Å²) in [4.78, 5) is 12.1. The van der Waals surface area contributed by atoms with Gasteiger partial charge < -0.3 is 9.53 Å². The maximum absolute atomic E-state index is 12.1. The highest BCUT2D eigenvalue weighted by Gasteiger charge is 2.47. The third-order valence-electron chi connectivity index (χ3n) is 4.90. The van der Waals surface area contributed by atoms with Gasteiger partial charge in [0, 0.05) is 6.42 Å². The number of carbonyl (C=O) groups is 1. The number of unbranched alkanes of at least 4 members (excludes halogenated alkanes) is 2. The molecule has 132 valence electrons. The summed E-state index contributed by atoms with van der Waals surface area (Å²) < 4.78 is 6.48. The molecule has 0 saturated heterocycles. The fraction of sp³-hybridized carbons (Fsp3) is 0.944. The smallest absolute Gasteiger partial charge is 0.200 e. The van der Waals surface area contributed by atoms with Crippen LogP contribution in [-0.4, -0.2) is 31.4 Å². The van der Waals surface area contributed by atoms with Crippen molar-refractivity contribution in [3.8, 4) is 0 Å². The van der Waals surface area contributed by atoms with Gasteiger partial charge in [-0.1, -0.05) is 61.3 Å². The summed E-state index contributed by atoms with van der Waals surface area (Å²) in [5.74, 6) is -0.0693. The largest absolute Gasteiger partial charge is 0.410 e. The summed E-state index contributed by atoms with van der Waals surface area (Å²) in [6.07, 6.45) is 2.05. The summed E-state index contributed by atoms with van der Waals surface area (Å²) in [5.41, 5.74) is 1.37. The zero-order valence-corrected chi connectivity index (χ0v) is 17.0. The Hall–Kier alpha value is -0.193. The summed E-state index contributed by atoms with van der Waals surface area (Å²) >= 11 is 0. The fourth-order valence-electron chi connectivity index (χ4n) is 3.75. The molecule has 0 aliphatic rings. The van der Waals surface area contributed by atoms with E-state index < -0.39 is 20.5 Å². The monoisotopic (exact) mass is 330 g/mol. The Kier molecular flexibility index (Phi) is 9.75. The van der Waals surface area contributed by atoms with Crippen LogP contribution in [0.1, 0.15) is 81.1 Å². The van der Waals surface area contributed by atoms with E-state index in [1.807, 2.05) is 6.92 Å². The van der Waals surface area contributed by atoms with E-state index >= 15 is 0 Å². The Balaban J connectivity index is 4.95. The van der Waals surface area contributed by atoms with Gasteiger partial charge in [-0.15, -0.1) is 0 Å². The molecule has 22 heavy (non-hydrogen) atoms. The summed E-state index contributed by atoms with van der Waals surface area (Å²) in [7, 11) is -2.05. The van der Waals surface area contributed by atoms with Gasteiger partial charge in [-0.2, -0.15) is 0 Å². The fourth-order valence-corrected chi connectivity index (χ4v) is 9.34. The topological polar surface area (TPSA) is 46.5 Å². The van der Waals surface area contributed by atoms with E-state index in [0.29, 0.717) is 23.0 Å². The molecule has 0 fully saturated rings. The number of rotatable bonds is 11. The molecule has 0 rings (SSSR count). The van der Waals surface area contributed by atoms with Gasteiger partial charge in [0.25, 0.3) is 0 Å². The molecule has 0 aromatic carbocycles. The number of ketones is 1. The highest BCUT2D eigenvalue weighted by atomic mass is 28.4. The molecule has 0 unspecified atom stereocenters. The van der Waals surface area contributed by atoms with E-state index in [1.165, 1.54) is 0 Å². The molecule has 0 saturated carbocycles. The predicted molar refractivity (Wildman–Crippen MR) is 96.8 cm³/mol. The molecular weight excluding hydrogens is 292 g/mol. The maximum Gasteiger partial charge on any atom is 0.200 e. The van der Waals surface area contributed by atoms with E-state index in [0.717, 1.165) is 19.3 Å². The van der Waals surface area contributed by atoms with Crippen LogP contribution in [0, 0.1) is 0 Å². The van der Waals surface area contributed by atoms with Crippen molar-refractivity contribution in [2.75, 3.05) is 0 Å². The number of carbonyl (C=O) groups excluding carboxylic acids is 1. The Bertz CT molecular complexity index is 305. The zero-order chi connectivity index (χ0) is 17.5. The Morgan fingerprint density at radius 2 is 1.41 bits per heavy atom. The van der Waals surface area contributed by atoms with Crippen molar-refractivity contribution >= 4 is 14.1 Å². The number of aliphatic hydroxyl groups is 1. The lowest BCUT2D eigenvalue weighted by Crippen LogP contribution is -2.52. The molecule has 0 aliphatic carbocycles. The van der Waals surface area contributed by atoms with Crippen LogP contribution in [0.15, 0.2) is 0 Å². The summed E-state index contributed by atoms with van der Waals surface area (Å²) in [6.45, 7) is 17.3. The summed E-state index contributed by atoms with van der Waals surface area (Å²) in [6, 6.07) is 0. The van der Waals surface area contributed by atoms with Gasteiger partial charge in [-0.05, 0) is 30.0 Å². The third-order valence-corrected chi connectivity index (χ3v) is 11.1. The minimum atomic E-state index is -2.05. The molecule has 0 aromatic rings. The molecule has 1 N–H and O–H groups in total. The van der Waals surface area contributed by atoms with Crippen LogP contribution in [0.5, 0.6) is 0 Å². The molecule has 4 heteroatoms. The highest BCUT2D eigenvalue weighted by molar-refractivity contribution is 6.77. The maximum atomic E-state index is 12.1. The van der Waals surface area contributed by atoms with Crippen LogP contribution >= 0.6 is 0 Å². The third kappa shape index (κ3) is 5.46. The van der Waals surface area contributed by atoms with Crippen LogP contribution in [0.25, 0.3) is 0 Å². The van der Waals surface area contributed by atoms with Crippen LogP contribution in [0.3, 0.4) is 0 Å². The van der Waals surface area contributed by atoms with Gasteiger partial charge in [-0.3, -0.25) is 4.79 Å². The molecule has 0 amide bonds. The van der Waals surface area contributed by atoms with Crippen LogP contribution in [0.2, 0.25) is 16.6 Å². The molecule has 0 radical (unpaired) electrons. The first-order chi connectivity index (χ1) is 10.1. The van der Waals surface area contributed by atoms with Crippen molar-refractivity contribution in [1.29, 1.82) is 0 Å². The standard InChI is InChI=1S/C18H38O3Si/c1-9-10-11-12-17(19)18(20)16(8)21-22(13(2)3,14(4)5)15(6)7/h13-16,18,20H,9-12H2,1-8H3/t16-,18+/m0/s1. The molecular formula is C18H38O3Si. The minimum Gasteiger partial charge on any atom is -0.410 e. The second-order valence-corrected chi connectivity index (χ2v) is 12.9. The zero-order valence-electron chi connectivity index (χ0n) is 16.0. The van der Waals surface area contributed by atoms with Crippen molar-refractivity contribution < 1.29 is 14.3 Å². The average Bonchev–Trinajstić information content (AvgIpc) is 2.42. The van der Waals surface area contributed by atoms with Crippen LogP contribution in [0.4, 0.5) is 0 Å². The lowest BCUT2D eigenvalue weighted by atomic mass is 10.0. The van der Waals surface area contributed by atoms with E-state index in [4.69, 9.17) is 4.43 Å². The lowest BCUT2D eigenvalue weighted by molar-refractivity contribution is -0.131. The van der Waals surface area contributed by atoms with E-state index in [2.05, 4.69) is 48.5 Å². The number of hydrogen-bond acceptors (Lipinski definition) is 3.